The molecule has 0 saturated carbocycles. The van der Waals surface area contributed by atoms with Crippen LogP contribution in [0.4, 0.5) is 4.79 Å². The van der Waals surface area contributed by atoms with Gasteiger partial charge in [0, 0.05) is 19.5 Å². The quantitative estimate of drug-likeness (QED) is 0.911. The van der Waals surface area contributed by atoms with Crippen LogP contribution in [0.2, 0.25) is 0 Å². The molecule has 1 amide bonds. The number of aliphatic hydroxyl groups is 1. The molecule has 1 saturated heterocycles. The number of hydrogen-bond acceptors (Lipinski definition) is 4. The fourth-order valence-electron chi connectivity index (χ4n) is 2.26. The van der Waals surface area contributed by atoms with Crippen LogP contribution in [-0.2, 0) is 16.1 Å². The Labute approximate surface area is 118 Å². The van der Waals surface area contributed by atoms with Gasteiger partial charge in [0.05, 0.1) is 12.0 Å². The van der Waals surface area contributed by atoms with Gasteiger partial charge < -0.3 is 14.7 Å². The van der Waals surface area contributed by atoms with Gasteiger partial charge in [-0.1, -0.05) is 30.3 Å². The molecule has 1 aromatic rings. The van der Waals surface area contributed by atoms with Crippen molar-refractivity contribution < 1.29 is 19.4 Å². The number of ketones is 1. The molecular formula is C15H19NO4. The Morgan fingerprint density at radius 2 is 2.15 bits per heavy atom. The van der Waals surface area contributed by atoms with Crippen molar-refractivity contribution in [2.75, 3.05) is 13.1 Å². The van der Waals surface area contributed by atoms with Gasteiger partial charge in [0.1, 0.15) is 12.4 Å². The molecule has 1 fully saturated rings. The highest BCUT2D eigenvalue weighted by Crippen LogP contribution is 2.17. The number of Topliss-reactive ketones (excluding diaryl/α,β-unsaturated/α-hetero) is 1. The Balaban J connectivity index is 1.88. The molecule has 2 unspecified atom stereocenters. The van der Waals surface area contributed by atoms with Crippen molar-refractivity contribution in [3.8, 4) is 0 Å². The molecule has 0 spiro atoms. The van der Waals surface area contributed by atoms with Crippen molar-refractivity contribution in [2.24, 2.45) is 5.92 Å². The molecule has 0 radical (unpaired) electrons. The molecule has 2 atom stereocenters. The number of amides is 1. The summed E-state index contributed by atoms with van der Waals surface area (Å²) in [6, 6.07) is 9.42. The van der Waals surface area contributed by atoms with Gasteiger partial charge in [-0.25, -0.2) is 4.79 Å². The molecule has 1 aliphatic rings. The summed E-state index contributed by atoms with van der Waals surface area (Å²) in [5, 5.41) is 9.56. The minimum absolute atomic E-state index is 0.00658. The van der Waals surface area contributed by atoms with Crippen molar-refractivity contribution >= 4 is 11.9 Å². The first-order valence-corrected chi connectivity index (χ1v) is 6.74. The molecule has 0 bridgehead atoms. The Kier molecular flexibility index (Phi) is 4.74. The molecule has 5 heteroatoms. The van der Waals surface area contributed by atoms with Gasteiger partial charge in [-0.3, -0.25) is 4.79 Å². The fourth-order valence-corrected chi connectivity index (χ4v) is 2.26. The van der Waals surface area contributed by atoms with E-state index in [-0.39, 0.29) is 25.4 Å². The summed E-state index contributed by atoms with van der Waals surface area (Å²) in [6.07, 6.45) is -0.907. The lowest BCUT2D eigenvalue weighted by Gasteiger charge is -2.32. The molecule has 0 aliphatic carbocycles. The number of rotatable bonds is 3. The van der Waals surface area contributed by atoms with Gasteiger partial charge >= 0.3 is 6.09 Å². The van der Waals surface area contributed by atoms with Crippen LogP contribution in [0.1, 0.15) is 18.9 Å². The molecule has 1 aromatic carbocycles. The van der Waals surface area contributed by atoms with Crippen LogP contribution in [0.5, 0.6) is 0 Å². The Hall–Kier alpha value is -1.88. The highest BCUT2D eigenvalue weighted by atomic mass is 16.6. The van der Waals surface area contributed by atoms with Gasteiger partial charge in [-0.2, -0.15) is 0 Å². The average Bonchev–Trinajstić information content (AvgIpc) is 2.46. The van der Waals surface area contributed by atoms with Gasteiger partial charge in [-0.15, -0.1) is 0 Å². The van der Waals surface area contributed by atoms with Crippen LogP contribution in [-0.4, -0.2) is 41.1 Å². The number of carbonyl (C=O) groups excluding carboxylic acids is 2. The summed E-state index contributed by atoms with van der Waals surface area (Å²) in [5.74, 6) is -0.500. The summed E-state index contributed by atoms with van der Waals surface area (Å²) >= 11 is 0. The highest BCUT2D eigenvalue weighted by molar-refractivity contribution is 5.84. The van der Waals surface area contributed by atoms with Crippen LogP contribution in [0.15, 0.2) is 30.3 Å². The highest BCUT2D eigenvalue weighted by Gasteiger charge is 2.33. The van der Waals surface area contributed by atoms with E-state index in [1.54, 1.807) is 6.92 Å². The molecule has 1 heterocycles. The smallest absolute Gasteiger partial charge is 0.410 e. The number of aliphatic hydroxyl groups excluding tert-OH is 1. The second-order valence-corrected chi connectivity index (χ2v) is 5.05. The summed E-state index contributed by atoms with van der Waals surface area (Å²) in [6.45, 7) is 2.37. The van der Waals surface area contributed by atoms with Crippen LogP contribution in [0, 0.1) is 5.92 Å². The Bertz CT molecular complexity index is 472. The number of hydrogen-bond donors (Lipinski definition) is 1. The average molecular weight is 277 g/mol. The number of nitrogens with zero attached hydrogens (tertiary/aromatic N) is 1. The van der Waals surface area contributed by atoms with E-state index in [0.29, 0.717) is 6.54 Å². The largest absolute Gasteiger partial charge is 0.445 e. The molecule has 5 nitrogen and oxygen atoms in total. The van der Waals surface area contributed by atoms with Crippen molar-refractivity contribution in [2.45, 2.75) is 26.1 Å². The Morgan fingerprint density at radius 3 is 2.80 bits per heavy atom. The van der Waals surface area contributed by atoms with Crippen LogP contribution in [0.3, 0.4) is 0 Å². The second kappa shape index (κ2) is 6.52. The predicted octanol–water partition coefficient (Wildman–Crippen LogP) is 1.60. The minimum Gasteiger partial charge on any atom is -0.445 e. The van der Waals surface area contributed by atoms with Crippen molar-refractivity contribution in [1.82, 2.24) is 4.90 Å². The number of piperidine rings is 1. The first-order chi connectivity index (χ1) is 9.58. The number of carbonyl (C=O) groups is 2. The SMILES string of the molecule is CC(O)C1CN(C(=O)OCc2ccccc2)CCC1=O. The first-order valence-electron chi connectivity index (χ1n) is 6.74. The standard InChI is InChI=1S/C15H19NO4/c1-11(17)13-9-16(8-7-14(13)18)15(19)20-10-12-5-3-2-4-6-12/h2-6,11,13,17H,7-10H2,1H3. The number of likely N-dealkylation sites (tertiary alicyclic amines) is 1. The van der Waals surface area contributed by atoms with Crippen molar-refractivity contribution in [3.05, 3.63) is 35.9 Å². The topological polar surface area (TPSA) is 66.8 Å². The van der Waals surface area contributed by atoms with E-state index < -0.39 is 18.1 Å². The first kappa shape index (κ1) is 14.5. The molecule has 0 aromatic heterocycles. The molecule has 1 N–H and O–H groups in total. The lowest BCUT2D eigenvalue weighted by atomic mass is 9.92. The van der Waals surface area contributed by atoms with Gasteiger partial charge in [-0.05, 0) is 12.5 Å². The zero-order chi connectivity index (χ0) is 14.5. The molecule has 20 heavy (non-hydrogen) atoms. The van der Waals surface area contributed by atoms with Crippen LogP contribution >= 0.6 is 0 Å². The second-order valence-electron chi connectivity index (χ2n) is 5.05. The van der Waals surface area contributed by atoms with Crippen molar-refractivity contribution in [3.63, 3.8) is 0 Å². The molecule has 108 valence electrons. The van der Waals surface area contributed by atoms with E-state index in [1.165, 1.54) is 4.90 Å². The van der Waals surface area contributed by atoms with E-state index >= 15 is 0 Å². The zero-order valence-electron chi connectivity index (χ0n) is 11.5. The van der Waals surface area contributed by atoms with E-state index in [4.69, 9.17) is 4.74 Å². The summed E-state index contributed by atoms with van der Waals surface area (Å²) in [4.78, 5) is 25.1. The molecular weight excluding hydrogens is 258 g/mol. The summed E-state index contributed by atoms with van der Waals surface area (Å²) in [7, 11) is 0. The maximum atomic E-state index is 12.0. The van der Waals surface area contributed by atoms with Gasteiger partial charge in [0.15, 0.2) is 0 Å². The van der Waals surface area contributed by atoms with E-state index in [9.17, 15) is 14.7 Å². The van der Waals surface area contributed by atoms with E-state index in [1.807, 2.05) is 30.3 Å². The normalized spacial score (nSPS) is 20.6. The number of ether oxygens (including phenoxy) is 1. The third kappa shape index (κ3) is 3.57. The lowest BCUT2D eigenvalue weighted by molar-refractivity contribution is -0.129. The van der Waals surface area contributed by atoms with Crippen molar-refractivity contribution in [1.29, 1.82) is 0 Å². The van der Waals surface area contributed by atoms with Gasteiger partial charge in [0.2, 0.25) is 0 Å². The maximum absolute atomic E-state index is 12.0. The van der Waals surface area contributed by atoms with Crippen LogP contribution in [0.25, 0.3) is 0 Å². The summed E-state index contributed by atoms with van der Waals surface area (Å²) in [5.41, 5.74) is 0.918. The Morgan fingerprint density at radius 1 is 1.45 bits per heavy atom. The molecule has 1 aliphatic heterocycles. The molecule has 2 rings (SSSR count). The van der Waals surface area contributed by atoms with E-state index in [0.717, 1.165) is 5.56 Å². The monoisotopic (exact) mass is 277 g/mol. The summed E-state index contributed by atoms with van der Waals surface area (Å²) < 4.78 is 5.22. The third-order valence-electron chi connectivity index (χ3n) is 3.50. The fraction of sp³-hybridized carbons (Fsp3) is 0.467. The maximum Gasteiger partial charge on any atom is 0.410 e. The van der Waals surface area contributed by atoms with Gasteiger partial charge in [0.25, 0.3) is 0 Å². The van der Waals surface area contributed by atoms with E-state index in [2.05, 4.69) is 0 Å². The zero-order valence-corrected chi connectivity index (χ0v) is 11.5. The predicted molar refractivity (Wildman–Crippen MR) is 73.0 cm³/mol. The third-order valence-corrected chi connectivity index (χ3v) is 3.50. The lowest BCUT2D eigenvalue weighted by Crippen LogP contribution is -2.47. The van der Waals surface area contributed by atoms with Crippen LogP contribution < -0.4 is 0 Å². The minimum atomic E-state index is -0.743. The number of benzene rings is 1.